The Bertz CT molecular complexity index is 1220. The van der Waals surface area contributed by atoms with E-state index in [9.17, 15) is 13.6 Å². The van der Waals surface area contributed by atoms with Crippen LogP contribution in [0.25, 0.3) is 5.57 Å². The van der Waals surface area contributed by atoms with Gasteiger partial charge in [-0.3, -0.25) is 14.8 Å². The van der Waals surface area contributed by atoms with Crippen molar-refractivity contribution in [3.63, 3.8) is 0 Å². The third-order valence-corrected chi connectivity index (χ3v) is 5.92. The van der Waals surface area contributed by atoms with Crippen molar-refractivity contribution in [2.24, 2.45) is 10.7 Å². The van der Waals surface area contributed by atoms with E-state index in [1.165, 1.54) is 24.3 Å². The highest BCUT2D eigenvalue weighted by Crippen LogP contribution is 2.25. The number of carbonyl (C=O) groups is 1. The molecule has 0 bridgehead atoms. The number of nitrogens with one attached hydrogen (secondary N) is 1. The molecular formula is C27H26F2N4O. The number of carbonyl (C=O) groups excluding carboxylic acids is 1. The van der Waals surface area contributed by atoms with E-state index in [-0.39, 0.29) is 29.0 Å². The molecule has 0 unspecified atom stereocenters. The Morgan fingerprint density at radius 2 is 1.88 bits per heavy atom. The minimum atomic E-state index is -0.538. The predicted molar refractivity (Wildman–Crippen MR) is 130 cm³/mol. The summed E-state index contributed by atoms with van der Waals surface area (Å²) in [5.41, 5.74) is 9.43. The monoisotopic (exact) mass is 460 g/mol. The first-order chi connectivity index (χ1) is 16.5. The third kappa shape index (κ3) is 5.26. The number of halogens is 2. The lowest BCUT2D eigenvalue weighted by atomic mass is 9.97. The number of aliphatic imine (C=N–C) groups is 1. The minimum absolute atomic E-state index is 0.138. The van der Waals surface area contributed by atoms with Gasteiger partial charge >= 0.3 is 0 Å². The molecule has 3 aromatic rings. The molecule has 2 aromatic carbocycles. The fraction of sp³-hybridized carbons (Fsp3) is 0.222. The van der Waals surface area contributed by atoms with Gasteiger partial charge in [0, 0.05) is 36.0 Å². The van der Waals surface area contributed by atoms with E-state index in [0.717, 1.165) is 16.8 Å². The maximum Gasteiger partial charge on any atom is 0.252 e. The smallest absolute Gasteiger partial charge is 0.252 e. The second-order valence-electron chi connectivity index (χ2n) is 8.22. The molecule has 0 aliphatic carbocycles. The summed E-state index contributed by atoms with van der Waals surface area (Å²) < 4.78 is 28.3. The molecule has 2 heterocycles. The molecule has 2 atom stereocenters. The molecule has 3 N–H and O–H groups in total. The van der Waals surface area contributed by atoms with Gasteiger partial charge in [-0.25, -0.2) is 8.78 Å². The Kier molecular flexibility index (Phi) is 7.23. The lowest BCUT2D eigenvalue weighted by molar-refractivity contribution is 0.0929. The molecule has 0 radical (unpaired) electrons. The minimum Gasteiger partial charge on any atom is -0.347 e. The standard InChI is InChI=1S/C27H26F2N4O/c1-2-23(30)24(15-20-6-3-4-13-31-20)33-27(34)21-7-5-8-22(29)26(21)25-14-18(16-32-25)17-9-11-19(28)12-10-17/h3-14,23-24H,2,15-16,30H2,1H3,(H,33,34)/t23-,24+/m1/s1. The highest BCUT2D eigenvalue weighted by molar-refractivity contribution is 6.19. The molecule has 1 aromatic heterocycles. The van der Waals surface area contributed by atoms with Crippen molar-refractivity contribution in [2.75, 3.05) is 6.54 Å². The van der Waals surface area contributed by atoms with E-state index >= 15 is 0 Å². The van der Waals surface area contributed by atoms with E-state index in [0.29, 0.717) is 25.1 Å². The van der Waals surface area contributed by atoms with Gasteiger partial charge in [0.2, 0.25) is 0 Å². The van der Waals surface area contributed by atoms with Gasteiger partial charge in [0.1, 0.15) is 11.6 Å². The lowest BCUT2D eigenvalue weighted by Gasteiger charge is -2.24. The van der Waals surface area contributed by atoms with Crippen LogP contribution in [0.3, 0.4) is 0 Å². The van der Waals surface area contributed by atoms with Gasteiger partial charge in [-0.2, -0.15) is 0 Å². The van der Waals surface area contributed by atoms with Crippen molar-refractivity contribution >= 4 is 17.2 Å². The van der Waals surface area contributed by atoms with E-state index in [4.69, 9.17) is 5.73 Å². The molecule has 0 fully saturated rings. The molecule has 174 valence electrons. The van der Waals surface area contributed by atoms with Crippen molar-refractivity contribution in [2.45, 2.75) is 31.8 Å². The normalized spacial score (nSPS) is 14.8. The number of hydrogen-bond acceptors (Lipinski definition) is 4. The summed E-state index contributed by atoms with van der Waals surface area (Å²) in [6, 6.07) is 15.4. The van der Waals surface area contributed by atoms with Crippen molar-refractivity contribution in [3.05, 3.63) is 107 Å². The lowest BCUT2D eigenvalue weighted by Crippen LogP contribution is -2.49. The number of amides is 1. The Hall–Kier alpha value is -3.71. The summed E-state index contributed by atoms with van der Waals surface area (Å²) in [6.45, 7) is 2.27. The van der Waals surface area contributed by atoms with Crippen molar-refractivity contribution in [3.8, 4) is 0 Å². The van der Waals surface area contributed by atoms with Crippen molar-refractivity contribution in [1.82, 2.24) is 10.3 Å². The number of rotatable bonds is 8. The van der Waals surface area contributed by atoms with Gasteiger partial charge in [-0.05, 0) is 60.0 Å². The van der Waals surface area contributed by atoms with Gasteiger partial charge in [-0.15, -0.1) is 0 Å². The number of pyridine rings is 1. The third-order valence-electron chi connectivity index (χ3n) is 5.92. The van der Waals surface area contributed by atoms with Crippen molar-refractivity contribution in [1.29, 1.82) is 0 Å². The van der Waals surface area contributed by atoms with Crippen LogP contribution < -0.4 is 11.1 Å². The van der Waals surface area contributed by atoms with E-state index < -0.39 is 11.7 Å². The molecular weight excluding hydrogens is 434 g/mol. The summed E-state index contributed by atoms with van der Waals surface area (Å²) >= 11 is 0. The van der Waals surface area contributed by atoms with Gasteiger partial charge < -0.3 is 11.1 Å². The highest BCUT2D eigenvalue weighted by atomic mass is 19.1. The second-order valence-corrected chi connectivity index (χ2v) is 8.22. The Morgan fingerprint density at radius 1 is 1.09 bits per heavy atom. The first kappa shape index (κ1) is 23.4. The van der Waals surface area contributed by atoms with Crippen LogP contribution in [0.4, 0.5) is 8.78 Å². The zero-order valence-electron chi connectivity index (χ0n) is 18.8. The first-order valence-electron chi connectivity index (χ1n) is 11.2. The molecule has 4 rings (SSSR count). The Morgan fingerprint density at radius 3 is 2.59 bits per heavy atom. The van der Waals surface area contributed by atoms with Crippen LogP contribution in [0.15, 0.2) is 77.9 Å². The zero-order valence-corrected chi connectivity index (χ0v) is 18.8. The first-order valence-corrected chi connectivity index (χ1v) is 11.2. The molecule has 1 amide bonds. The SMILES string of the molecule is CC[C@@H](N)[C@H](Cc1ccccn1)NC(=O)c1cccc(F)c1C1=NCC(c2ccc(F)cc2)=C1. The number of aromatic nitrogens is 1. The molecule has 34 heavy (non-hydrogen) atoms. The molecule has 1 aliphatic heterocycles. The molecule has 7 heteroatoms. The summed E-state index contributed by atoms with van der Waals surface area (Å²) in [5, 5.41) is 2.98. The van der Waals surface area contributed by atoms with Crippen molar-refractivity contribution < 1.29 is 13.6 Å². The van der Waals surface area contributed by atoms with Crippen LogP contribution in [-0.4, -0.2) is 35.2 Å². The van der Waals surface area contributed by atoms with Crippen LogP contribution in [0.1, 0.15) is 40.5 Å². The van der Waals surface area contributed by atoms with Crippen LogP contribution >= 0.6 is 0 Å². The Labute approximate surface area is 197 Å². The largest absolute Gasteiger partial charge is 0.347 e. The topological polar surface area (TPSA) is 80.4 Å². The van der Waals surface area contributed by atoms with Gasteiger partial charge in [0.25, 0.3) is 5.91 Å². The maximum atomic E-state index is 15.0. The van der Waals surface area contributed by atoms with E-state index in [1.54, 1.807) is 30.5 Å². The maximum absolute atomic E-state index is 15.0. The van der Waals surface area contributed by atoms with Crippen LogP contribution in [0.2, 0.25) is 0 Å². The number of nitrogens with zero attached hydrogens (tertiary/aromatic N) is 2. The predicted octanol–water partition coefficient (Wildman–Crippen LogP) is 4.32. The quantitative estimate of drug-likeness (QED) is 0.525. The number of allylic oxidation sites excluding steroid dienone is 1. The molecule has 5 nitrogen and oxygen atoms in total. The fourth-order valence-electron chi connectivity index (χ4n) is 3.97. The van der Waals surface area contributed by atoms with Crippen LogP contribution in [-0.2, 0) is 6.42 Å². The second kappa shape index (κ2) is 10.5. The number of hydrogen-bond donors (Lipinski definition) is 2. The van der Waals surface area contributed by atoms with E-state index in [1.807, 2.05) is 25.1 Å². The highest BCUT2D eigenvalue weighted by Gasteiger charge is 2.25. The Balaban J connectivity index is 1.60. The molecule has 0 saturated carbocycles. The van der Waals surface area contributed by atoms with Gasteiger partial charge in [0.15, 0.2) is 0 Å². The average molecular weight is 461 g/mol. The summed E-state index contributed by atoms with van der Waals surface area (Å²) in [7, 11) is 0. The molecule has 0 saturated heterocycles. The molecule has 0 spiro atoms. The van der Waals surface area contributed by atoms with Crippen LogP contribution in [0.5, 0.6) is 0 Å². The summed E-state index contributed by atoms with van der Waals surface area (Å²) in [6.07, 6.45) is 4.55. The average Bonchev–Trinajstić information content (AvgIpc) is 3.33. The zero-order chi connectivity index (χ0) is 24.1. The summed E-state index contributed by atoms with van der Waals surface area (Å²) in [5.74, 6) is -1.29. The van der Waals surface area contributed by atoms with E-state index in [2.05, 4.69) is 15.3 Å². The van der Waals surface area contributed by atoms with Gasteiger partial charge in [-0.1, -0.05) is 31.2 Å². The fourth-order valence-corrected chi connectivity index (χ4v) is 3.97. The molecule has 1 aliphatic rings. The number of benzene rings is 2. The number of nitrogens with two attached hydrogens (primary N) is 1. The van der Waals surface area contributed by atoms with Crippen LogP contribution in [0, 0.1) is 11.6 Å². The van der Waals surface area contributed by atoms with Gasteiger partial charge in [0.05, 0.1) is 17.8 Å². The summed E-state index contributed by atoms with van der Waals surface area (Å²) in [4.78, 5) is 22.1.